The van der Waals surface area contributed by atoms with Crippen LogP contribution in [0.15, 0.2) is 12.1 Å². The molecule has 0 unspecified atom stereocenters. The largest absolute Gasteiger partial charge is 0.326 e. The Kier molecular flexibility index (Phi) is 6.67. The standard InChI is InChI=1S/C17H28N4/c1-2-3-4-5-6-7-8-9-10-14-11-12-16-17(15(14)13-18)20-21-19-16/h11-12H,2-10,13,18H2,1H3,(H,19,20,21). The maximum Gasteiger partial charge on any atom is 0.117 e. The molecule has 4 heteroatoms. The Morgan fingerprint density at radius 1 is 0.952 bits per heavy atom. The molecule has 0 bridgehead atoms. The van der Waals surface area contributed by atoms with Crippen LogP contribution in [0, 0.1) is 0 Å². The number of nitrogens with two attached hydrogens (primary N) is 1. The van der Waals surface area contributed by atoms with Crippen LogP contribution in [-0.2, 0) is 13.0 Å². The number of aromatic nitrogens is 3. The number of nitrogens with zero attached hydrogens (tertiary/aromatic N) is 2. The zero-order chi connectivity index (χ0) is 14.9. The van der Waals surface area contributed by atoms with E-state index >= 15 is 0 Å². The molecule has 1 aromatic heterocycles. The van der Waals surface area contributed by atoms with Crippen molar-refractivity contribution in [2.24, 2.45) is 5.73 Å². The van der Waals surface area contributed by atoms with Gasteiger partial charge >= 0.3 is 0 Å². The highest BCUT2D eigenvalue weighted by molar-refractivity contribution is 5.78. The molecule has 3 N–H and O–H groups in total. The predicted molar refractivity (Wildman–Crippen MR) is 88.1 cm³/mol. The van der Waals surface area contributed by atoms with Gasteiger partial charge in [0.05, 0.1) is 0 Å². The molecule has 4 nitrogen and oxygen atoms in total. The molecule has 2 aromatic rings. The average molecular weight is 288 g/mol. The summed E-state index contributed by atoms with van der Waals surface area (Å²) in [5, 5.41) is 11.0. The maximum absolute atomic E-state index is 5.89. The molecule has 0 saturated heterocycles. The molecule has 0 aliphatic heterocycles. The van der Waals surface area contributed by atoms with Crippen molar-refractivity contribution in [1.29, 1.82) is 0 Å². The molecule has 0 saturated carbocycles. The Morgan fingerprint density at radius 3 is 2.38 bits per heavy atom. The Bertz CT molecular complexity index is 533. The van der Waals surface area contributed by atoms with Crippen LogP contribution in [0.1, 0.15) is 69.4 Å². The van der Waals surface area contributed by atoms with Gasteiger partial charge in [-0.1, -0.05) is 57.9 Å². The van der Waals surface area contributed by atoms with E-state index in [9.17, 15) is 0 Å². The van der Waals surface area contributed by atoms with Gasteiger partial charge in [-0.05, 0) is 30.0 Å². The summed E-state index contributed by atoms with van der Waals surface area (Å²) in [5.74, 6) is 0. The lowest BCUT2D eigenvalue weighted by Crippen LogP contribution is -2.03. The summed E-state index contributed by atoms with van der Waals surface area (Å²) in [7, 11) is 0. The molecule has 0 amide bonds. The molecule has 21 heavy (non-hydrogen) atoms. The smallest absolute Gasteiger partial charge is 0.117 e. The molecule has 0 aliphatic rings. The topological polar surface area (TPSA) is 67.6 Å². The van der Waals surface area contributed by atoms with E-state index in [4.69, 9.17) is 5.73 Å². The lowest BCUT2D eigenvalue weighted by molar-refractivity contribution is 0.575. The lowest BCUT2D eigenvalue weighted by Gasteiger charge is -2.08. The van der Waals surface area contributed by atoms with E-state index in [0.717, 1.165) is 23.0 Å². The van der Waals surface area contributed by atoms with Crippen molar-refractivity contribution in [2.45, 2.75) is 71.3 Å². The van der Waals surface area contributed by atoms with Crippen molar-refractivity contribution in [1.82, 2.24) is 15.4 Å². The van der Waals surface area contributed by atoms with Crippen molar-refractivity contribution in [3.63, 3.8) is 0 Å². The molecule has 1 aromatic carbocycles. The van der Waals surface area contributed by atoms with Crippen molar-refractivity contribution >= 4 is 11.0 Å². The highest BCUT2D eigenvalue weighted by atomic mass is 15.3. The second kappa shape index (κ2) is 8.78. The summed E-state index contributed by atoms with van der Waals surface area (Å²) in [6.07, 6.45) is 11.9. The van der Waals surface area contributed by atoms with Crippen LogP contribution < -0.4 is 5.73 Å². The van der Waals surface area contributed by atoms with Crippen LogP contribution in [0.4, 0.5) is 0 Å². The molecule has 1 heterocycles. The monoisotopic (exact) mass is 288 g/mol. The van der Waals surface area contributed by atoms with Crippen LogP contribution in [-0.4, -0.2) is 15.4 Å². The van der Waals surface area contributed by atoms with E-state index in [1.807, 2.05) is 6.07 Å². The van der Waals surface area contributed by atoms with Gasteiger partial charge in [0.2, 0.25) is 0 Å². The number of aryl methyl sites for hydroxylation is 1. The lowest BCUT2D eigenvalue weighted by atomic mass is 9.99. The fourth-order valence-corrected chi connectivity index (χ4v) is 2.92. The number of nitrogens with one attached hydrogen (secondary N) is 1. The molecular formula is C17H28N4. The van der Waals surface area contributed by atoms with Crippen LogP contribution >= 0.6 is 0 Å². The molecule has 0 spiro atoms. The zero-order valence-corrected chi connectivity index (χ0v) is 13.2. The third kappa shape index (κ3) is 4.53. The number of H-pyrrole nitrogens is 1. The second-order valence-electron chi connectivity index (χ2n) is 5.82. The molecule has 0 atom stereocenters. The number of aromatic amines is 1. The second-order valence-corrected chi connectivity index (χ2v) is 5.82. The summed E-state index contributed by atoms with van der Waals surface area (Å²) in [4.78, 5) is 0. The summed E-state index contributed by atoms with van der Waals surface area (Å²) in [5.41, 5.74) is 10.2. The normalized spacial score (nSPS) is 11.3. The summed E-state index contributed by atoms with van der Waals surface area (Å²) in [6.45, 7) is 2.80. The van der Waals surface area contributed by atoms with Gasteiger partial charge in [0.1, 0.15) is 11.0 Å². The van der Waals surface area contributed by atoms with Gasteiger partial charge in [0.25, 0.3) is 0 Å². The Morgan fingerprint density at radius 2 is 1.67 bits per heavy atom. The fourth-order valence-electron chi connectivity index (χ4n) is 2.92. The molecule has 0 fully saturated rings. The van der Waals surface area contributed by atoms with E-state index in [-0.39, 0.29) is 0 Å². The minimum Gasteiger partial charge on any atom is -0.326 e. The Labute approximate surface area is 127 Å². The maximum atomic E-state index is 5.89. The SMILES string of the molecule is CCCCCCCCCCc1ccc2n[nH]nc2c1CN. The van der Waals surface area contributed by atoms with Crippen LogP contribution in [0.5, 0.6) is 0 Å². The minimum atomic E-state index is 0.538. The van der Waals surface area contributed by atoms with Gasteiger partial charge in [-0.2, -0.15) is 15.4 Å². The summed E-state index contributed by atoms with van der Waals surface area (Å²) >= 11 is 0. The minimum absolute atomic E-state index is 0.538. The zero-order valence-electron chi connectivity index (χ0n) is 13.2. The molecular weight excluding hydrogens is 260 g/mol. The van der Waals surface area contributed by atoms with Gasteiger partial charge in [-0.25, -0.2) is 0 Å². The van der Waals surface area contributed by atoms with Crippen LogP contribution in [0.3, 0.4) is 0 Å². The predicted octanol–water partition coefficient (Wildman–Crippen LogP) is 4.10. The fraction of sp³-hybridized carbons (Fsp3) is 0.647. The van der Waals surface area contributed by atoms with Crippen molar-refractivity contribution < 1.29 is 0 Å². The molecule has 2 rings (SSSR count). The van der Waals surface area contributed by atoms with Crippen molar-refractivity contribution in [2.75, 3.05) is 0 Å². The number of fused-ring (bicyclic) bond motifs is 1. The van der Waals surface area contributed by atoms with Crippen molar-refractivity contribution in [3.05, 3.63) is 23.3 Å². The van der Waals surface area contributed by atoms with E-state index in [2.05, 4.69) is 28.4 Å². The highest BCUT2D eigenvalue weighted by Gasteiger charge is 2.09. The number of hydrogen-bond donors (Lipinski definition) is 2. The van der Waals surface area contributed by atoms with Gasteiger partial charge < -0.3 is 5.73 Å². The number of rotatable bonds is 10. The van der Waals surface area contributed by atoms with Gasteiger partial charge in [0, 0.05) is 6.54 Å². The van der Waals surface area contributed by atoms with E-state index in [0.29, 0.717) is 6.54 Å². The van der Waals surface area contributed by atoms with Crippen LogP contribution in [0.2, 0.25) is 0 Å². The highest BCUT2D eigenvalue weighted by Crippen LogP contribution is 2.20. The Hall–Kier alpha value is -1.42. The third-order valence-corrected chi connectivity index (χ3v) is 4.19. The van der Waals surface area contributed by atoms with E-state index in [1.165, 1.54) is 56.9 Å². The van der Waals surface area contributed by atoms with E-state index in [1.54, 1.807) is 0 Å². The first-order valence-electron chi connectivity index (χ1n) is 8.38. The van der Waals surface area contributed by atoms with Crippen LogP contribution in [0.25, 0.3) is 11.0 Å². The quantitative estimate of drug-likeness (QED) is 0.647. The summed E-state index contributed by atoms with van der Waals surface area (Å²) in [6, 6.07) is 4.20. The summed E-state index contributed by atoms with van der Waals surface area (Å²) < 4.78 is 0. The first-order chi connectivity index (χ1) is 10.4. The number of unbranched alkanes of at least 4 members (excludes halogenated alkanes) is 7. The molecule has 0 radical (unpaired) electrons. The van der Waals surface area contributed by atoms with Gasteiger partial charge in [-0.15, -0.1) is 0 Å². The van der Waals surface area contributed by atoms with Gasteiger partial charge in [-0.3, -0.25) is 0 Å². The first-order valence-corrected chi connectivity index (χ1v) is 8.38. The first kappa shape index (κ1) is 16.0. The van der Waals surface area contributed by atoms with Gasteiger partial charge in [0.15, 0.2) is 0 Å². The molecule has 0 aliphatic carbocycles. The third-order valence-electron chi connectivity index (χ3n) is 4.19. The Balaban J connectivity index is 1.75. The van der Waals surface area contributed by atoms with E-state index < -0.39 is 0 Å². The number of hydrogen-bond acceptors (Lipinski definition) is 3. The van der Waals surface area contributed by atoms with Crippen molar-refractivity contribution in [3.8, 4) is 0 Å². The number of benzene rings is 1. The molecule has 116 valence electrons. The average Bonchev–Trinajstić information content (AvgIpc) is 2.98.